The van der Waals surface area contributed by atoms with E-state index < -0.39 is 5.92 Å². The molecule has 0 aliphatic carbocycles. The molecule has 3 amide bonds. The highest BCUT2D eigenvalue weighted by Gasteiger charge is 2.35. The van der Waals surface area contributed by atoms with Crippen LogP contribution in [0.3, 0.4) is 0 Å². The summed E-state index contributed by atoms with van der Waals surface area (Å²) in [4.78, 5) is 39.4. The summed E-state index contributed by atoms with van der Waals surface area (Å²) in [5.74, 6) is -1.71. The quantitative estimate of drug-likeness (QED) is 0.598. The zero-order valence-electron chi connectivity index (χ0n) is 18.4. The maximum atomic E-state index is 13.2. The molecule has 2 N–H and O–H groups in total. The molecule has 1 aliphatic heterocycles. The van der Waals surface area contributed by atoms with Gasteiger partial charge in [0.2, 0.25) is 11.8 Å². The van der Waals surface area contributed by atoms with Crippen molar-refractivity contribution >= 4 is 34.8 Å². The lowest BCUT2D eigenvalue weighted by atomic mass is 10.1. The molecule has 7 heteroatoms. The zero-order valence-corrected chi connectivity index (χ0v) is 18.4. The first-order valence-corrected chi connectivity index (χ1v) is 10.7. The van der Waals surface area contributed by atoms with Crippen molar-refractivity contribution in [1.82, 2.24) is 0 Å². The summed E-state index contributed by atoms with van der Waals surface area (Å²) >= 11 is 0. The molecule has 168 valence electrons. The minimum absolute atomic E-state index is 0.0656. The van der Waals surface area contributed by atoms with Crippen LogP contribution in [-0.2, 0) is 9.59 Å². The lowest BCUT2D eigenvalue weighted by Crippen LogP contribution is -2.28. The maximum absolute atomic E-state index is 13.2. The van der Waals surface area contributed by atoms with Crippen LogP contribution in [0.4, 0.5) is 21.5 Å². The molecule has 6 nitrogen and oxygen atoms in total. The highest BCUT2D eigenvalue weighted by Crippen LogP contribution is 2.26. The Balaban J connectivity index is 1.41. The van der Waals surface area contributed by atoms with Gasteiger partial charge in [0.1, 0.15) is 5.82 Å². The van der Waals surface area contributed by atoms with E-state index in [1.807, 2.05) is 32.0 Å². The van der Waals surface area contributed by atoms with Crippen molar-refractivity contribution in [2.24, 2.45) is 5.92 Å². The van der Waals surface area contributed by atoms with Crippen LogP contribution in [0.5, 0.6) is 0 Å². The highest BCUT2D eigenvalue weighted by atomic mass is 19.1. The Hall–Kier alpha value is -4.00. The second kappa shape index (κ2) is 9.24. The van der Waals surface area contributed by atoms with Gasteiger partial charge >= 0.3 is 0 Å². The Bertz CT molecular complexity index is 1220. The first-order valence-electron chi connectivity index (χ1n) is 10.7. The third kappa shape index (κ3) is 5.09. The number of amides is 3. The molecule has 4 rings (SSSR count). The maximum Gasteiger partial charge on any atom is 0.255 e. The van der Waals surface area contributed by atoms with Crippen LogP contribution in [-0.4, -0.2) is 24.3 Å². The van der Waals surface area contributed by atoms with Gasteiger partial charge in [-0.05, 0) is 67.9 Å². The molecular formula is C26H24FN3O3. The second-order valence-corrected chi connectivity index (χ2v) is 8.22. The van der Waals surface area contributed by atoms with E-state index in [4.69, 9.17) is 0 Å². The summed E-state index contributed by atoms with van der Waals surface area (Å²) in [5.41, 5.74) is 4.24. The van der Waals surface area contributed by atoms with Crippen molar-refractivity contribution < 1.29 is 18.8 Å². The molecule has 0 aromatic heterocycles. The lowest BCUT2D eigenvalue weighted by Gasteiger charge is -2.16. The number of carbonyl (C=O) groups is 3. The predicted octanol–water partition coefficient (Wildman–Crippen LogP) is 4.69. The summed E-state index contributed by atoms with van der Waals surface area (Å²) in [6, 6.07) is 18.0. The predicted molar refractivity (Wildman–Crippen MR) is 126 cm³/mol. The van der Waals surface area contributed by atoms with Gasteiger partial charge in [0.15, 0.2) is 0 Å². The van der Waals surface area contributed by atoms with Gasteiger partial charge in [0, 0.05) is 35.6 Å². The fraction of sp³-hybridized carbons (Fsp3) is 0.192. The molecule has 0 bridgehead atoms. The number of carbonyl (C=O) groups excluding carboxylic acids is 3. The van der Waals surface area contributed by atoms with Crippen molar-refractivity contribution in [2.75, 3.05) is 22.1 Å². The normalized spacial score (nSPS) is 15.4. The lowest BCUT2D eigenvalue weighted by molar-refractivity contribution is -0.122. The Labute approximate surface area is 191 Å². The van der Waals surface area contributed by atoms with E-state index in [-0.39, 0.29) is 36.5 Å². The number of benzene rings is 3. The Morgan fingerprint density at radius 2 is 1.73 bits per heavy atom. The number of halogens is 1. The highest BCUT2D eigenvalue weighted by molar-refractivity contribution is 6.06. The van der Waals surface area contributed by atoms with Gasteiger partial charge < -0.3 is 15.5 Å². The van der Waals surface area contributed by atoms with E-state index in [9.17, 15) is 18.8 Å². The van der Waals surface area contributed by atoms with Crippen LogP contribution in [0.1, 0.15) is 27.9 Å². The molecule has 1 fully saturated rings. The van der Waals surface area contributed by atoms with Crippen LogP contribution in [0.2, 0.25) is 0 Å². The Kier molecular flexibility index (Phi) is 6.22. The largest absolute Gasteiger partial charge is 0.326 e. The molecule has 0 saturated carbocycles. The van der Waals surface area contributed by atoms with Crippen LogP contribution < -0.4 is 15.5 Å². The van der Waals surface area contributed by atoms with E-state index >= 15 is 0 Å². The Morgan fingerprint density at radius 1 is 0.970 bits per heavy atom. The van der Waals surface area contributed by atoms with Gasteiger partial charge in [0.25, 0.3) is 5.91 Å². The smallest absolute Gasteiger partial charge is 0.255 e. The van der Waals surface area contributed by atoms with Gasteiger partial charge in [0.05, 0.1) is 5.92 Å². The fourth-order valence-corrected chi connectivity index (χ4v) is 3.88. The second-order valence-electron chi connectivity index (χ2n) is 8.22. The van der Waals surface area contributed by atoms with Crippen molar-refractivity contribution in [3.05, 3.63) is 89.2 Å². The molecule has 1 aliphatic rings. The molecule has 0 unspecified atom stereocenters. The standard InChI is InChI=1S/C26H24FN3O3/c1-16-6-11-23(17(2)12-16)29-25(32)18-4-3-5-21(13-18)28-26(33)19-14-24(31)30(15-19)22-9-7-20(27)8-10-22/h3-13,19H,14-15H2,1-2H3,(H,28,33)(H,29,32)/t19-/m0/s1. The van der Waals surface area contributed by atoms with Gasteiger partial charge in [-0.25, -0.2) is 4.39 Å². The molecule has 1 heterocycles. The molecule has 0 spiro atoms. The summed E-state index contributed by atoms with van der Waals surface area (Å²) in [6.07, 6.45) is 0.0656. The topological polar surface area (TPSA) is 78.5 Å². The van der Waals surface area contributed by atoms with Crippen LogP contribution in [0, 0.1) is 25.6 Å². The molecule has 3 aromatic carbocycles. The van der Waals surface area contributed by atoms with Crippen molar-refractivity contribution in [3.8, 4) is 0 Å². The monoisotopic (exact) mass is 445 g/mol. The summed E-state index contributed by atoms with van der Waals surface area (Å²) < 4.78 is 13.2. The van der Waals surface area contributed by atoms with E-state index in [0.29, 0.717) is 16.9 Å². The number of nitrogens with zero attached hydrogens (tertiary/aromatic N) is 1. The van der Waals surface area contributed by atoms with Gasteiger partial charge in [-0.15, -0.1) is 0 Å². The zero-order chi connectivity index (χ0) is 23.5. The minimum atomic E-state index is -0.546. The average molecular weight is 445 g/mol. The number of rotatable bonds is 5. The summed E-state index contributed by atoms with van der Waals surface area (Å²) in [6.45, 7) is 4.13. The molecule has 1 atom stereocenters. The molecule has 3 aromatic rings. The van der Waals surface area contributed by atoms with Crippen molar-refractivity contribution in [3.63, 3.8) is 0 Å². The van der Waals surface area contributed by atoms with Crippen LogP contribution >= 0.6 is 0 Å². The minimum Gasteiger partial charge on any atom is -0.326 e. The number of anilines is 3. The van der Waals surface area contributed by atoms with E-state index in [1.165, 1.54) is 29.2 Å². The van der Waals surface area contributed by atoms with Crippen LogP contribution in [0.15, 0.2) is 66.7 Å². The number of hydrogen-bond acceptors (Lipinski definition) is 3. The van der Waals surface area contributed by atoms with Crippen molar-refractivity contribution in [1.29, 1.82) is 0 Å². The van der Waals surface area contributed by atoms with E-state index in [1.54, 1.807) is 24.3 Å². The number of nitrogens with one attached hydrogen (secondary N) is 2. The van der Waals surface area contributed by atoms with E-state index in [0.717, 1.165) is 16.8 Å². The third-order valence-corrected chi connectivity index (χ3v) is 5.66. The number of aryl methyl sites for hydroxylation is 2. The molecular weight excluding hydrogens is 421 g/mol. The van der Waals surface area contributed by atoms with Gasteiger partial charge in [-0.2, -0.15) is 0 Å². The first kappa shape index (κ1) is 22.2. The Morgan fingerprint density at radius 3 is 2.45 bits per heavy atom. The molecule has 33 heavy (non-hydrogen) atoms. The first-order chi connectivity index (χ1) is 15.8. The summed E-state index contributed by atoms with van der Waals surface area (Å²) in [5, 5.41) is 5.70. The average Bonchev–Trinajstić information content (AvgIpc) is 3.18. The van der Waals surface area contributed by atoms with Gasteiger partial charge in [-0.3, -0.25) is 14.4 Å². The third-order valence-electron chi connectivity index (χ3n) is 5.66. The van der Waals surface area contributed by atoms with Crippen molar-refractivity contribution in [2.45, 2.75) is 20.3 Å². The number of hydrogen-bond donors (Lipinski definition) is 2. The SMILES string of the molecule is Cc1ccc(NC(=O)c2cccc(NC(=O)[C@H]3CC(=O)N(c4ccc(F)cc4)C3)c2)c(C)c1. The van der Waals surface area contributed by atoms with Gasteiger partial charge in [-0.1, -0.05) is 23.8 Å². The molecule has 0 radical (unpaired) electrons. The fourth-order valence-electron chi connectivity index (χ4n) is 3.88. The van der Waals surface area contributed by atoms with Crippen LogP contribution in [0.25, 0.3) is 0 Å². The summed E-state index contributed by atoms with van der Waals surface area (Å²) in [7, 11) is 0. The van der Waals surface area contributed by atoms with E-state index in [2.05, 4.69) is 10.6 Å². The molecule has 1 saturated heterocycles.